The highest BCUT2D eigenvalue weighted by molar-refractivity contribution is 7.90. The highest BCUT2D eigenvalue weighted by Crippen LogP contribution is 2.21. The lowest BCUT2D eigenvalue weighted by atomic mass is 9.93. The molecule has 0 bridgehead atoms. The van der Waals surface area contributed by atoms with E-state index in [2.05, 4.69) is 10.3 Å². The topological polar surface area (TPSA) is 122 Å². The van der Waals surface area contributed by atoms with Gasteiger partial charge >= 0.3 is 6.03 Å². The van der Waals surface area contributed by atoms with E-state index in [1.165, 1.54) is 18.3 Å². The first-order valence-corrected chi connectivity index (χ1v) is 9.15. The second-order valence-corrected chi connectivity index (χ2v) is 7.65. The molecule has 2 rings (SSSR count). The molecule has 23 heavy (non-hydrogen) atoms. The molecule has 1 aliphatic heterocycles. The first-order valence-electron chi connectivity index (χ1n) is 7.26. The highest BCUT2D eigenvalue weighted by atomic mass is 32.2. The fourth-order valence-corrected chi connectivity index (χ4v) is 3.06. The highest BCUT2D eigenvalue weighted by Gasteiger charge is 2.24. The molecule has 126 valence electrons. The summed E-state index contributed by atoms with van der Waals surface area (Å²) < 4.78 is 22.7. The Morgan fingerprint density at radius 1 is 1.35 bits per heavy atom. The molecule has 1 aromatic rings. The van der Waals surface area contributed by atoms with Gasteiger partial charge in [0, 0.05) is 25.8 Å². The minimum atomic E-state index is -3.36. The van der Waals surface area contributed by atoms with Crippen LogP contribution in [-0.4, -0.2) is 49.6 Å². The van der Waals surface area contributed by atoms with E-state index in [1.54, 1.807) is 4.90 Å². The summed E-state index contributed by atoms with van der Waals surface area (Å²) >= 11 is 0. The number of hydrogen-bond donors (Lipinski definition) is 2. The Morgan fingerprint density at radius 3 is 2.48 bits per heavy atom. The van der Waals surface area contributed by atoms with Gasteiger partial charge < -0.3 is 16.0 Å². The summed E-state index contributed by atoms with van der Waals surface area (Å²) in [5, 5.41) is 2.64. The van der Waals surface area contributed by atoms with E-state index in [0.717, 1.165) is 19.1 Å². The van der Waals surface area contributed by atoms with Crippen LogP contribution >= 0.6 is 0 Å². The number of carbonyl (C=O) groups is 2. The van der Waals surface area contributed by atoms with Crippen LogP contribution in [-0.2, 0) is 14.6 Å². The normalized spacial score (nSPS) is 16.1. The average Bonchev–Trinajstić information content (AvgIpc) is 2.47. The van der Waals surface area contributed by atoms with Crippen molar-refractivity contribution in [2.45, 2.75) is 24.3 Å². The third kappa shape index (κ3) is 4.92. The maximum absolute atomic E-state index is 12.2. The van der Waals surface area contributed by atoms with E-state index >= 15 is 0 Å². The van der Waals surface area contributed by atoms with E-state index in [1.807, 2.05) is 0 Å². The standard InChI is InChI=1S/C14H20N4O4S/c1-23(21,22)13-3-2-11(9-16-13)17-14(20)18-6-4-10(5-7-18)8-12(15)19/h2-3,9-10H,4-8H2,1H3,(H2,15,19)(H,17,20). The number of nitrogens with zero attached hydrogens (tertiary/aromatic N) is 2. The minimum absolute atomic E-state index is 0.0391. The predicted octanol–water partition coefficient (Wildman–Crippen LogP) is 0.604. The van der Waals surface area contributed by atoms with E-state index < -0.39 is 9.84 Å². The Balaban J connectivity index is 1.89. The third-order valence-electron chi connectivity index (χ3n) is 3.76. The Morgan fingerprint density at radius 2 is 2.00 bits per heavy atom. The molecule has 0 aromatic carbocycles. The zero-order chi connectivity index (χ0) is 17.0. The van der Waals surface area contributed by atoms with Crippen LogP contribution in [0.15, 0.2) is 23.4 Å². The van der Waals surface area contributed by atoms with Crippen LogP contribution in [0, 0.1) is 5.92 Å². The molecule has 3 amide bonds. The SMILES string of the molecule is CS(=O)(=O)c1ccc(NC(=O)N2CCC(CC(N)=O)CC2)cn1. The number of primary amides is 1. The fraction of sp³-hybridized carbons (Fsp3) is 0.500. The molecule has 1 aliphatic rings. The van der Waals surface area contributed by atoms with Crippen molar-refractivity contribution in [3.05, 3.63) is 18.3 Å². The first-order chi connectivity index (χ1) is 10.8. The van der Waals surface area contributed by atoms with Crippen LogP contribution in [0.1, 0.15) is 19.3 Å². The first kappa shape index (κ1) is 17.2. The van der Waals surface area contributed by atoms with Crippen LogP contribution in [0.2, 0.25) is 0 Å². The smallest absolute Gasteiger partial charge is 0.321 e. The van der Waals surface area contributed by atoms with Gasteiger partial charge in [0.15, 0.2) is 14.9 Å². The molecule has 9 heteroatoms. The summed E-state index contributed by atoms with van der Waals surface area (Å²) in [5.74, 6) is -0.0859. The predicted molar refractivity (Wildman–Crippen MR) is 84.5 cm³/mol. The summed E-state index contributed by atoms with van der Waals surface area (Å²) in [7, 11) is -3.36. The van der Waals surface area contributed by atoms with Crippen LogP contribution in [0.4, 0.5) is 10.5 Å². The molecule has 8 nitrogen and oxygen atoms in total. The van der Waals surface area contributed by atoms with Crippen molar-refractivity contribution in [2.24, 2.45) is 11.7 Å². The van der Waals surface area contributed by atoms with Crippen LogP contribution in [0.25, 0.3) is 0 Å². The molecule has 1 saturated heterocycles. The van der Waals surface area contributed by atoms with Gasteiger partial charge in [-0.05, 0) is 30.9 Å². The Labute approximate surface area is 135 Å². The molecule has 1 fully saturated rings. The second-order valence-electron chi connectivity index (χ2n) is 5.69. The van der Waals surface area contributed by atoms with Gasteiger partial charge in [-0.1, -0.05) is 0 Å². The Bertz CT molecular complexity index is 679. The number of hydrogen-bond acceptors (Lipinski definition) is 5. The summed E-state index contributed by atoms with van der Waals surface area (Å²) in [6, 6.07) is 2.59. The van der Waals surface area contributed by atoms with Gasteiger partial charge in [0.05, 0.1) is 11.9 Å². The van der Waals surface area contributed by atoms with Gasteiger partial charge in [-0.15, -0.1) is 0 Å². The van der Waals surface area contributed by atoms with Gasteiger partial charge in [-0.25, -0.2) is 18.2 Å². The van der Waals surface area contributed by atoms with Gasteiger partial charge in [0.1, 0.15) is 0 Å². The number of urea groups is 1. The zero-order valence-electron chi connectivity index (χ0n) is 12.9. The third-order valence-corrected chi connectivity index (χ3v) is 4.76. The Hall–Kier alpha value is -2.16. The number of carbonyl (C=O) groups excluding carboxylic acids is 2. The molecule has 0 atom stereocenters. The van der Waals surface area contributed by atoms with E-state index in [0.29, 0.717) is 25.2 Å². The molecule has 3 N–H and O–H groups in total. The van der Waals surface area contributed by atoms with Gasteiger partial charge in [-0.3, -0.25) is 4.79 Å². The van der Waals surface area contributed by atoms with Crippen LogP contribution in [0.3, 0.4) is 0 Å². The summed E-state index contributed by atoms with van der Waals surface area (Å²) in [6.07, 6.45) is 4.22. The molecule has 0 unspecified atom stereocenters. The fourth-order valence-electron chi connectivity index (χ4n) is 2.50. The molecule has 0 spiro atoms. The van der Waals surface area contributed by atoms with Crippen LogP contribution in [0.5, 0.6) is 0 Å². The average molecular weight is 340 g/mol. The van der Waals surface area contributed by atoms with E-state index in [-0.39, 0.29) is 22.9 Å². The number of amides is 3. The number of anilines is 1. The lowest BCUT2D eigenvalue weighted by Gasteiger charge is -2.31. The van der Waals surface area contributed by atoms with Crippen molar-refractivity contribution in [1.29, 1.82) is 0 Å². The van der Waals surface area contributed by atoms with Crippen molar-refractivity contribution in [3.8, 4) is 0 Å². The molecular formula is C14H20N4O4S. The number of sulfone groups is 1. The molecule has 0 radical (unpaired) electrons. The number of likely N-dealkylation sites (tertiary alicyclic amines) is 1. The maximum Gasteiger partial charge on any atom is 0.321 e. The summed E-state index contributed by atoms with van der Waals surface area (Å²) in [4.78, 5) is 28.5. The van der Waals surface area contributed by atoms with E-state index in [9.17, 15) is 18.0 Å². The molecule has 0 saturated carbocycles. The number of nitrogens with one attached hydrogen (secondary N) is 1. The molecule has 1 aromatic heterocycles. The van der Waals surface area contributed by atoms with Gasteiger partial charge in [-0.2, -0.15) is 0 Å². The van der Waals surface area contributed by atoms with E-state index in [4.69, 9.17) is 5.73 Å². The molecule has 2 heterocycles. The monoisotopic (exact) mass is 340 g/mol. The number of pyridine rings is 1. The minimum Gasteiger partial charge on any atom is -0.370 e. The van der Waals surface area contributed by atoms with Gasteiger partial charge in [0.2, 0.25) is 5.91 Å². The number of nitrogens with two attached hydrogens (primary N) is 1. The van der Waals surface area contributed by atoms with Crippen molar-refractivity contribution < 1.29 is 18.0 Å². The van der Waals surface area contributed by atoms with Crippen molar-refractivity contribution in [1.82, 2.24) is 9.88 Å². The second kappa shape index (κ2) is 6.95. The van der Waals surface area contributed by atoms with Crippen molar-refractivity contribution in [2.75, 3.05) is 24.7 Å². The lowest BCUT2D eigenvalue weighted by Crippen LogP contribution is -2.41. The quantitative estimate of drug-likeness (QED) is 0.831. The zero-order valence-corrected chi connectivity index (χ0v) is 13.7. The lowest BCUT2D eigenvalue weighted by molar-refractivity contribution is -0.119. The van der Waals surface area contributed by atoms with Gasteiger partial charge in [0.25, 0.3) is 0 Å². The maximum atomic E-state index is 12.2. The molecular weight excluding hydrogens is 320 g/mol. The van der Waals surface area contributed by atoms with Crippen molar-refractivity contribution >= 4 is 27.5 Å². The van der Waals surface area contributed by atoms with Crippen LogP contribution < -0.4 is 11.1 Å². The Kier molecular flexibility index (Phi) is 5.19. The number of piperidine rings is 1. The molecule has 0 aliphatic carbocycles. The van der Waals surface area contributed by atoms with Crippen molar-refractivity contribution in [3.63, 3.8) is 0 Å². The summed E-state index contributed by atoms with van der Waals surface area (Å²) in [5.41, 5.74) is 5.61. The summed E-state index contributed by atoms with van der Waals surface area (Å²) in [6.45, 7) is 1.11. The largest absolute Gasteiger partial charge is 0.370 e. The number of aromatic nitrogens is 1. The number of rotatable bonds is 4.